The van der Waals surface area contributed by atoms with Crippen LogP contribution in [0.3, 0.4) is 0 Å². The minimum absolute atomic E-state index is 0.267. The average molecular weight is 1060 g/mol. The third-order valence-electron chi connectivity index (χ3n) is 7.25. The van der Waals surface area contributed by atoms with Gasteiger partial charge < -0.3 is 9.05 Å². The van der Waals surface area contributed by atoms with Gasteiger partial charge in [0.1, 0.15) is 36.6 Å². The van der Waals surface area contributed by atoms with E-state index >= 15 is 0 Å². The Kier molecular flexibility index (Phi) is 30.4. The predicted octanol–water partition coefficient (Wildman–Crippen LogP) is 9.30. The first-order valence-corrected chi connectivity index (χ1v) is 30.3. The molecule has 64 heavy (non-hydrogen) atoms. The van der Waals surface area contributed by atoms with Crippen LogP contribution < -0.4 is 0 Å². The van der Waals surface area contributed by atoms with E-state index in [-0.39, 0.29) is 78.9 Å². The van der Waals surface area contributed by atoms with E-state index in [0.717, 1.165) is 0 Å². The number of hydrogen-bond acceptors (Lipinski definition) is 26. The maximum absolute atomic E-state index is 14.6. The van der Waals surface area contributed by atoms with Crippen LogP contribution in [-0.2, 0) is 116 Å². The van der Waals surface area contributed by atoms with E-state index in [1.807, 2.05) is 12.1 Å². The number of phosphoric ester groups is 5. The van der Waals surface area contributed by atoms with Crippen LogP contribution >= 0.6 is 45.8 Å². The number of rotatable bonds is 38. The molecule has 0 aliphatic heterocycles. The fourth-order valence-electron chi connectivity index (χ4n) is 5.31. The molecule has 0 amide bonds. The molecule has 32 heteroatoms. The van der Waals surface area contributed by atoms with Gasteiger partial charge in [-0.1, -0.05) is 0 Å². The minimum atomic E-state index is -4.90. The molecule has 25 nitrogen and oxygen atoms in total. The summed E-state index contributed by atoms with van der Waals surface area (Å²) in [5, 5.41) is 18.7. The molecule has 1 fully saturated rings. The van der Waals surface area contributed by atoms with Crippen LogP contribution in [0.25, 0.3) is 0 Å². The van der Waals surface area contributed by atoms with Crippen molar-refractivity contribution in [1.29, 1.82) is 10.5 Å². The second-order valence-electron chi connectivity index (χ2n) is 11.8. The first-order chi connectivity index (χ1) is 30.3. The molecule has 0 radical (unpaired) electrons. The maximum atomic E-state index is 14.6. The summed E-state index contributed by atoms with van der Waals surface area (Å²) in [5.41, 5.74) is 0. The highest BCUT2D eigenvalue weighted by Crippen LogP contribution is 2.65. The minimum Gasteiger partial charge on any atom is -0.308 e. The molecule has 0 aromatic carbocycles. The number of phosphoric acid groups is 5. The maximum Gasteiger partial charge on any atom is 0.475 e. The van der Waals surface area contributed by atoms with Crippen LogP contribution in [0.15, 0.2) is 0 Å². The Morgan fingerprint density at radius 1 is 0.344 bits per heavy atom. The molecule has 1 saturated carbocycles. The summed E-state index contributed by atoms with van der Waals surface area (Å²) in [6, 6.07) is 3.76. The molecule has 0 aromatic rings. The number of nitriles is 2. The van der Waals surface area contributed by atoms with Gasteiger partial charge in [-0.3, -0.25) is 72.4 Å². The molecule has 2 unspecified atom stereocenters. The molecule has 0 N–H and O–H groups in total. The lowest BCUT2D eigenvalue weighted by molar-refractivity contribution is -0.206. The molecular weight excluding hydrogens is 998 g/mol. The third kappa shape index (κ3) is 20.6. The summed E-state index contributed by atoms with van der Waals surface area (Å²) in [7, 11) is -24.5. The second kappa shape index (κ2) is 31.3. The third-order valence-corrected chi connectivity index (χ3v) is 17.9. The quantitative estimate of drug-likeness (QED) is 0.0410. The van der Waals surface area contributed by atoms with Crippen molar-refractivity contribution in [2.45, 2.75) is 119 Å². The van der Waals surface area contributed by atoms with Crippen LogP contribution in [0.2, 0.25) is 0 Å². The molecule has 1 aliphatic carbocycles. The van der Waals surface area contributed by atoms with Crippen LogP contribution in [0.5, 0.6) is 0 Å². The topological polar surface area (TPSA) is 299 Å². The van der Waals surface area contributed by atoms with Gasteiger partial charge in [0.15, 0.2) is 0 Å². The highest BCUT2D eigenvalue weighted by atomic mass is 32.5. The molecule has 0 heterocycles. The van der Waals surface area contributed by atoms with Crippen LogP contribution in [0, 0.1) is 22.7 Å². The lowest BCUT2D eigenvalue weighted by Crippen LogP contribution is -2.66. The molecule has 1 aliphatic rings. The SMILES string of the molecule is CCOP(=O)(OCC)OC1[C@@H](OP(=O)(OCC)OCC)[C@@H](OP(=O)(OCC)OCC)C(OP(=S)(OCCC#N)OCCC#N)[C@H](OP(=O)(OCC)OCC)[C@H]1OP(=O)(OCC)OCC. The van der Waals surface area contributed by atoms with Gasteiger partial charge in [0.2, 0.25) is 0 Å². The fraction of sp³-hybridized carbons (Fsp3) is 0.938. The Hall–Kier alpha value is 0.0600. The van der Waals surface area contributed by atoms with Gasteiger partial charge in [-0.15, -0.1) is 0 Å². The van der Waals surface area contributed by atoms with E-state index < -0.39 is 95.7 Å². The Balaban J connectivity index is 4.91. The smallest absolute Gasteiger partial charge is 0.308 e. The summed E-state index contributed by atoms with van der Waals surface area (Å²) >= 11 is 5.80. The summed E-state index contributed by atoms with van der Waals surface area (Å²) in [4.78, 5) is 0. The first kappa shape index (κ1) is 62.1. The highest BCUT2D eigenvalue weighted by Gasteiger charge is 2.64. The summed E-state index contributed by atoms with van der Waals surface area (Å²) in [6.45, 7) is 6.13. The van der Waals surface area contributed by atoms with Gasteiger partial charge >= 0.3 is 45.8 Å². The monoisotopic (exact) mass is 1060 g/mol. The molecule has 0 spiro atoms. The second-order valence-corrected chi connectivity index (χ2v) is 22.8. The fourth-order valence-corrected chi connectivity index (χ4v) is 14.3. The van der Waals surface area contributed by atoms with Crippen LogP contribution in [0.4, 0.5) is 0 Å². The Labute approximate surface area is 381 Å². The van der Waals surface area contributed by atoms with Gasteiger partial charge in [0.25, 0.3) is 0 Å². The first-order valence-electron chi connectivity index (χ1n) is 20.5. The zero-order chi connectivity index (χ0) is 48.5. The zero-order valence-electron chi connectivity index (χ0n) is 37.7. The van der Waals surface area contributed by atoms with Crippen molar-refractivity contribution in [2.75, 3.05) is 79.3 Å². The van der Waals surface area contributed by atoms with Gasteiger partial charge in [-0.2, -0.15) is 10.5 Å². The molecular formula is C32H64N2O23P6S. The van der Waals surface area contributed by atoms with Crippen molar-refractivity contribution in [3.05, 3.63) is 0 Å². The molecule has 0 bridgehead atoms. The summed E-state index contributed by atoms with van der Waals surface area (Å²) in [5.74, 6) is 0. The molecule has 0 aromatic heterocycles. The lowest BCUT2D eigenvalue weighted by atomic mass is 9.85. The van der Waals surface area contributed by atoms with Gasteiger partial charge in [0, 0.05) is 0 Å². The molecule has 1 rings (SSSR count). The predicted molar refractivity (Wildman–Crippen MR) is 230 cm³/mol. The lowest BCUT2D eigenvalue weighted by Gasteiger charge is -2.50. The van der Waals surface area contributed by atoms with Crippen molar-refractivity contribution in [1.82, 2.24) is 0 Å². The summed E-state index contributed by atoms with van der Waals surface area (Å²) in [6.07, 6.45) is -14.0. The van der Waals surface area contributed by atoms with Crippen molar-refractivity contribution < 1.29 is 104 Å². The summed E-state index contributed by atoms with van der Waals surface area (Å²) < 4.78 is 177. The van der Waals surface area contributed by atoms with Crippen LogP contribution in [-0.4, -0.2) is 116 Å². The van der Waals surface area contributed by atoms with E-state index in [2.05, 4.69) is 0 Å². The zero-order valence-corrected chi connectivity index (χ0v) is 43.9. The van der Waals surface area contributed by atoms with Crippen molar-refractivity contribution in [3.63, 3.8) is 0 Å². The van der Waals surface area contributed by atoms with Crippen LogP contribution in [0.1, 0.15) is 82.1 Å². The molecule has 376 valence electrons. The Bertz CT molecular complexity index is 1590. The highest BCUT2D eigenvalue weighted by molar-refractivity contribution is 8.07. The van der Waals surface area contributed by atoms with Crippen molar-refractivity contribution in [3.8, 4) is 12.1 Å². The normalized spacial score (nSPS) is 21.4. The van der Waals surface area contributed by atoms with Crippen molar-refractivity contribution >= 4 is 57.6 Å². The molecule has 0 saturated heterocycles. The standard InChI is InChI=1S/C32H64N2O23P6S/c1-11-40-58(35,41-12-2)52-27-28(53-59(36,42-13-3)43-14-4)30(55-61(38,46-17-7)47-18-8)32(57-63(64,50-25-21-23-33)51-26-22-24-34)31(56-62(39,48-19-9)49-20-10)29(27)54-60(37,44-15-5)45-16-6/h27-32H,11-22,25-26H2,1-10H3/t27?,28-,29+,30-,31-,32?/m1/s1. The van der Waals surface area contributed by atoms with E-state index in [1.54, 1.807) is 0 Å². The Morgan fingerprint density at radius 2 is 0.516 bits per heavy atom. The number of nitrogens with zero attached hydrogens (tertiary/aromatic N) is 2. The largest absolute Gasteiger partial charge is 0.475 e. The van der Waals surface area contributed by atoms with Crippen molar-refractivity contribution in [2.24, 2.45) is 0 Å². The Morgan fingerprint density at radius 3 is 0.672 bits per heavy atom. The van der Waals surface area contributed by atoms with E-state index in [0.29, 0.717) is 0 Å². The number of hydrogen-bond donors (Lipinski definition) is 0. The van der Waals surface area contributed by atoms with E-state index in [4.69, 9.17) is 93.2 Å². The van der Waals surface area contributed by atoms with E-state index in [1.165, 1.54) is 69.2 Å². The van der Waals surface area contributed by atoms with Gasteiger partial charge in [0.05, 0.1) is 104 Å². The van der Waals surface area contributed by atoms with Gasteiger partial charge in [-0.05, 0) is 81.0 Å². The molecule has 6 atom stereocenters. The average Bonchev–Trinajstić information content (AvgIpc) is 3.20. The van der Waals surface area contributed by atoms with E-state index in [9.17, 15) is 33.3 Å². The van der Waals surface area contributed by atoms with Gasteiger partial charge in [-0.25, -0.2) is 22.8 Å².